The highest BCUT2D eigenvalue weighted by atomic mass is 19.1. The standard InChI is InChI=1S/C23H23FN4O3/c1-29-23(6-8-30-9-7-23)17-11-18(24)13-19(12-17)31-14-15-2-4-20-16(10-15)3-5-21-26-27-22(25)28(20)21/h2-5,10-13H,6-9,14H2,1H3,(H2,25,27). The van der Waals surface area contributed by atoms with E-state index in [9.17, 15) is 4.39 Å². The van der Waals surface area contributed by atoms with E-state index in [0.29, 0.717) is 50.0 Å². The molecule has 8 heteroatoms. The maximum absolute atomic E-state index is 14.4. The molecule has 1 fully saturated rings. The van der Waals surface area contributed by atoms with Crippen LogP contribution in [0.15, 0.2) is 48.5 Å². The molecule has 4 aromatic rings. The molecule has 2 N–H and O–H groups in total. The SMILES string of the molecule is COC1(c2cc(F)cc(OCc3ccc4c(ccc5nnc(N)n54)c3)c2)CCOCC1. The van der Waals surface area contributed by atoms with E-state index in [1.807, 2.05) is 36.4 Å². The van der Waals surface area contributed by atoms with Gasteiger partial charge in [-0.25, -0.2) is 4.39 Å². The number of ether oxygens (including phenoxy) is 3. The molecule has 2 aromatic heterocycles. The first-order chi connectivity index (χ1) is 15.1. The highest BCUT2D eigenvalue weighted by molar-refractivity contribution is 5.83. The van der Waals surface area contributed by atoms with Gasteiger partial charge in [-0.15, -0.1) is 10.2 Å². The van der Waals surface area contributed by atoms with Gasteiger partial charge in [-0.05, 0) is 52.9 Å². The zero-order valence-corrected chi connectivity index (χ0v) is 17.2. The lowest BCUT2D eigenvalue weighted by Gasteiger charge is -2.36. The topological polar surface area (TPSA) is 83.9 Å². The Bertz CT molecular complexity index is 1250. The maximum atomic E-state index is 14.4. The minimum absolute atomic E-state index is 0.303. The van der Waals surface area contributed by atoms with Crippen molar-refractivity contribution in [3.63, 3.8) is 0 Å². The van der Waals surface area contributed by atoms with Crippen LogP contribution in [-0.2, 0) is 21.7 Å². The van der Waals surface area contributed by atoms with E-state index in [-0.39, 0.29) is 5.82 Å². The van der Waals surface area contributed by atoms with Crippen LogP contribution in [0.1, 0.15) is 24.0 Å². The number of nitrogens with zero attached hydrogens (tertiary/aromatic N) is 3. The van der Waals surface area contributed by atoms with E-state index < -0.39 is 5.60 Å². The third-order valence-corrected chi connectivity index (χ3v) is 5.95. The van der Waals surface area contributed by atoms with E-state index >= 15 is 0 Å². The molecule has 1 aliphatic rings. The Morgan fingerprint density at radius 3 is 2.74 bits per heavy atom. The number of anilines is 1. The lowest BCUT2D eigenvalue weighted by Crippen LogP contribution is -2.35. The smallest absolute Gasteiger partial charge is 0.226 e. The number of hydrogen-bond acceptors (Lipinski definition) is 6. The molecular weight excluding hydrogens is 399 g/mol. The van der Waals surface area contributed by atoms with Crippen molar-refractivity contribution in [2.24, 2.45) is 0 Å². The zero-order valence-electron chi connectivity index (χ0n) is 17.2. The first-order valence-electron chi connectivity index (χ1n) is 10.2. The van der Waals surface area contributed by atoms with E-state index in [1.54, 1.807) is 11.5 Å². The fourth-order valence-corrected chi connectivity index (χ4v) is 4.25. The summed E-state index contributed by atoms with van der Waals surface area (Å²) in [6.07, 6.45) is 1.36. The normalized spacial score (nSPS) is 16.1. The van der Waals surface area contributed by atoms with Crippen LogP contribution in [0.4, 0.5) is 10.3 Å². The molecule has 0 bridgehead atoms. The summed E-state index contributed by atoms with van der Waals surface area (Å²) in [5, 5.41) is 8.96. The highest BCUT2D eigenvalue weighted by Gasteiger charge is 2.35. The number of fused-ring (bicyclic) bond motifs is 3. The van der Waals surface area contributed by atoms with E-state index in [1.165, 1.54) is 12.1 Å². The van der Waals surface area contributed by atoms with Gasteiger partial charge in [0.2, 0.25) is 5.95 Å². The summed E-state index contributed by atoms with van der Waals surface area (Å²) in [7, 11) is 1.66. The molecule has 1 aliphatic heterocycles. The fraction of sp³-hybridized carbons (Fsp3) is 0.304. The van der Waals surface area contributed by atoms with Crippen molar-refractivity contribution < 1.29 is 18.6 Å². The molecule has 2 aromatic carbocycles. The average Bonchev–Trinajstić information content (AvgIpc) is 3.18. The fourth-order valence-electron chi connectivity index (χ4n) is 4.25. The molecule has 0 unspecified atom stereocenters. The minimum Gasteiger partial charge on any atom is -0.489 e. The second-order valence-electron chi connectivity index (χ2n) is 7.75. The molecule has 7 nitrogen and oxygen atoms in total. The van der Waals surface area contributed by atoms with Crippen molar-refractivity contribution in [3.05, 3.63) is 65.5 Å². The largest absolute Gasteiger partial charge is 0.489 e. The molecule has 0 radical (unpaired) electrons. The summed E-state index contributed by atoms with van der Waals surface area (Å²) >= 11 is 0. The van der Waals surface area contributed by atoms with Crippen molar-refractivity contribution in [2.75, 3.05) is 26.1 Å². The molecule has 1 saturated heterocycles. The van der Waals surface area contributed by atoms with Crippen LogP contribution >= 0.6 is 0 Å². The summed E-state index contributed by atoms with van der Waals surface area (Å²) in [6.45, 7) is 1.47. The Morgan fingerprint density at radius 1 is 1.10 bits per heavy atom. The van der Waals surface area contributed by atoms with Crippen LogP contribution in [0.25, 0.3) is 16.6 Å². The van der Waals surface area contributed by atoms with Gasteiger partial charge in [-0.3, -0.25) is 4.40 Å². The first kappa shape index (κ1) is 19.7. The Balaban J connectivity index is 1.40. The van der Waals surface area contributed by atoms with Gasteiger partial charge < -0.3 is 19.9 Å². The number of hydrogen-bond donors (Lipinski definition) is 1. The zero-order chi connectivity index (χ0) is 21.4. The quantitative estimate of drug-likeness (QED) is 0.526. The van der Waals surface area contributed by atoms with Gasteiger partial charge in [0, 0.05) is 39.2 Å². The van der Waals surface area contributed by atoms with Crippen molar-refractivity contribution in [1.29, 1.82) is 0 Å². The van der Waals surface area contributed by atoms with Gasteiger partial charge in [0.25, 0.3) is 0 Å². The maximum Gasteiger partial charge on any atom is 0.226 e. The number of rotatable bonds is 5. The Kier molecular flexibility index (Phi) is 4.95. The molecule has 31 heavy (non-hydrogen) atoms. The van der Waals surface area contributed by atoms with Crippen LogP contribution < -0.4 is 10.5 Å². The van der Waals surface area contributed by atoms with Gasteiger partial charge in [0.05, 0.1) is 11.1 Å². The molecular formula is C23H23FN4O3. The molecule has 5 rings (SSSR count). The molecule has 0 spiro atoms. The Labute approximate surface area is 178 Å². The minimum atomic E-state index is -0.550. The number of nitrogens with two attached hydrogens (primary N) is 1. The van der Waals surface area contributed by atoms with Gasteiger partial charge in [0.1, 0.15) is 18.2 Å². The van der Waals surface area contributed by atoms with E-state index in [2.05, 4.69) is 10.2 Å². The highest BCUT2D eigenvalue weighted by Crippen LogP contribution is 2.37. The van der Waals surface area contributed by atoms with Gasteiger partial charge in [-0.2, -0.15) is 0 Å². The lowest BCUT2D eigenvalue weighted by molar-refractivity contribution is -0.0950. The Morgan fingerprint density at radius 2 is 1.94 bits per heavy atom. The summed E-state index contributed by atoms with van der Waals surface area (Å²) in [4.78, 5) is 0. The molecule has 0 atom stereocenters. The van der Waals surface area contributed by atoms with Gasteiger partial charge in [-0.1, -0.05) is 6.07 Å². The first-order valence-corrected chi connectivity index (χ1v) is 10.2. The number of methoxy groups -OCH3 is 1. The van der Waals surface area contributed by atoms with Crippen molar-refractivity contribution in [2.45, 2.75) is 25.0 Å². The second-order valence-corrected chi connectivity index (χ2v) is 7.75. The van der Waals surface area contributed by atoms with E-state index in [4.69, 9.17) is 19.9 Å². The van der Waals surface area contributed by atoms with Crippen LogP contribution in [0, 0.1) is 5.82 Å². The number of aromatic nitrogens is 3. The molecule has 160 valence electrons. The third-order valence-electron chi connectivity index (χ3n) is 5.95. The molecule has 0 aliphatic carbocycles. The summed E-state index contributed by atoms with van der Waals surface area (Å²) < 4.78 is 33.4. The van der Waals surface area contributed by atoms with Crippen LogP contribution in [0.5, 0.6) is 5.75 Å². The number of benzene rings is 2. The molecule has 3 heterocycles. The average molecular weight is 422 g/mol. The van der Waals surface area contributed by atoms with Crippen molar-refractivity contribution in [1.82, 2.24) is 14.6 Å². The summed E-state index contributed by atoms with van der Waals surface area (Å²) in [5.74, 6) is 0.466. The van der Waals surface area contributed by atoms with Crippen LogP contribution in [0.3, 0.4) is 0 Å². The third kappa shape index (κ3) is 3.58. The van der Waals surface area contributed by atoms with Gasteiger partial charge >= 0.3 is 0 Å². The van der Waals surface area contributed by atoms with Crippen LogP contribution in [-0.4, -0.2) is 34.9 Å². The number of pyridine rings is 1. The van der Waals surface area contributed by atoms with Gasteiger partial charge in [0.15, 0.2) is 5.65 Å². The predicted octanol–water partition coefficient (Wildman–Crippen LogP) is 3.83. The molecule has 0 amide bonds. The van der Waals surface area contributed by atoms with Crippen molar-refractivity contribution >= 4 is 22.5 Å². The Hall–Kier alpha value is -3.23. The lowest BCUT2D eigenvalue weighted by atomic mass is 9.86. The van der Waals surface area contributed by atoms with Crippen LogP contribution in [0.2, 0.25) is 0 Å². The number of nitrogen functional groups attached to an aromatic ring is 1. The monoisotopic (exact) mass is 422 g/mol. The number of halogens is 1. The van der Waals surface area contributed by atoms with Crippen molar-refractivity contribution in [3.8, 4) is 5.75 Å². The predicted molar refractivity (Wildman–Crippen MR) is 114 cm³/mol. The second kappa shape index (κ2) is 7.79. The summed E-state index contributed by atoms with van der Waals surface area (Å²) in [5.41, 5.74) is 8.73. The molecule has 0 saturated carbocycles. The summed E-state index contributed by atoms with van der Waals surface area (Å²) in [6, 6.07) is 14.5. The van der Waals surface area contributed by atoms with E-state index in [0.717, 1.165) is 22.0 Å².